The highest BCUT2D eigenvalue weighted by Crippen LogP contribution is 2.25. The van der Waals surface area contributed by atoms with Crippen molar-refractivity contribution < 1.29 is 13.9 Å². The first kappa shape index (κ1) is 8.23. The Morgan fingerprint density at radius 2 is 2.23 bits per heavy atom. The number of halogens is 1. The van der Waals surface area contributed by atoms with Crippen LogP contribution in [-0.2, 0) is 0 Å². The Bertz CT molecular complexity index is 347. The molecule has 1 heterocycles. The molecule has 0 aromatic heterocycles. The third-order valence-corrected chi connectivity index (χ3v) is 2.06. The van der Waals surface area contributed by atoms with E-state index in [4.69, 9.17) is 4.74 Å². The molecular weight excluding hydrogens is 171 g/mol. The lowest BCUT2D eigenvalue weighted by Crippen LogP contribution is -2.00. The second-order valence-corrected chi connectivity index (χ2v) is 2.99. The third kappa shape index (κ3) is 1.41. The number of carbonyl (C=O) groups is 1. The van der Waals surface area contributed by atoms with Crippen molar-refractivity contribution in [2.24, 2.45) is 0 Å². The van der Waals surface area contributed by atoms with Crippen molar-refractivity contribution in [3.63, 3.8) is 0 Å². The number of Topliss-reactive ketones (excluding diaryl/α,β-unsaturated/α-hetero) is 1. The third-order valence-electron chi connectivity index (χ3n) is 2.06. The largest absolute Gasteiger partial charge is 0.493 e. The van der Waals surface area contributed by atoms with Crippen LogP contribution >= 0.6 is 0 Å². The molecule has 0 bridgehead atoms. The fourth-order valence-corrected chi connectivity index (χ4v) is 1.44. The van der Waals surface area contributed by atoms with Crippen LogP contribution in [-0.4, -0.2) is 12.4 Å². The highest BCUT2D eigenvalue weighted by atomic mass is 19.1. The number of fused-ring (bicyclic) bond motifs is 1. The predicted octanol–water partition coefficient (Wildman–Crippen LogP) is 2.18. The van der Waals surface area contributed by atoms with Crippen LogP contribution in [0, 0.1) is 5.82 Å². The van der Waals surface area contributed by atoms with Crippen molar-refractivity contribution in [2.75, 3.05) is 6.61 Å². The molecule has 0 saturated heterocycles. The summed E-state index contributed by atoms with van der Waals surface area (Å²) in [4.78, 5) is 11.4. The maximum Gasteiger partial charge on any atom is 0.169 e. The van der Waals surface area contributed by atoms with Gasteiger partial charge in [-0.3, -0.25) is 4.79 Å². The summed E-state index contributed by atoms with van der Waals surface area (Å²) < 4.78 is 18.4. The normalized spacial score (nSPS) is 15.9. The van der Waals surface area contributed by atoms with Crippen molar-refractivity contribution in [1.29, 1.82) is 0 Å². The molecule has 2 nitrogen and oxygen atoms in total. The number of benzene rings is 1. The fraction of sp³-hybridized carbons (Fsp3) is 0.300. The Morgan fingerprint density at radius 3 is 3.08 bits per heavy atom. The van der Waals surface area contributed by atoms with E-state index >= 15 is 0 Å². The van der Waals surface area contributed by atoms with Crippen LogP contribution in [0.2, 0.25) is 0 Å². The second-order valence-electron chi connectivity index (χ2n) is 2.99. The van der Waals surface area contributed by atoms with Crippen molar-refractivity contribution in [3.05, 3.63) is 29.6 Å². The van der Waals surface area contributed by atoms with E-state index in [1.807, 2.05) is 0 Å². The molecule has 0 N–H and O–H groups in total. The number of rotatable bonds is 0. The molecular formula is C10H9FO2. The van der Waals surface area contributed by atoms with Crippen LogP contribution in [0.15, 0.2) is 18.2 Å². The second kappa shape index (κ2) is 3.17. The zero-order chi connectivity index (χ0) is 9.26. The van der Waals surface area contributed by atoms with Crippen molar-refractivity contribution >= 4 is 5.78 Å². The summed E-state index contributed by atoms with van der Waals surface area (Å²) in [5, 5.41) is 0. The first-order valence-corrected chi connectivity index (χ1v) is 4.23. The molecule has 0 unspecified atom stereocenters. The summed E-state index contributed by atoms with van der Waals surface area (Å²) >= 11 is 0. The molecule has 2 rings (SSSR count). The molecule has 68 valence electrons. The molecule has 0 amide bonds. The van der Waals surface area contributed by atoms with Crippen LogP contribution in [0.5, 0.6) is 5.75 Å². The highest BCUT2D eigenvalue weighted by Gasteiger charge is 2.19. The zero-order valence-electron chi connectivity index (χ0n) is 7.05. The molecule has 0 aliphatic carbocycles. The maximum absolute atomic E-state index is 13.2. The van der Waals surface area contributed by atoms with Gasteiger partial charge in [0.05, 0.1) is 12.2 Å². The van der Waals surface area contributed by atoms with Gasteiger partial charge in [0.1, 0.15) is 11.6 Å². The van der Waals surface area contributed by atoms with Crippen LogP contribution in [0.4, 0.5) is 4.39 Å². The summed E-state index contributed by atoms with van der Waals surface area (Å²) in [6.07, 6.45) is 1.03. The van der Waals surface area contributed by atoms with E-state index in [9.17, 15) is 9.18 Å². The zero-order valence-corrected chi connectivity index (χ0v) is 7.05. The van der Waals surface area contributed by atoms with Gasteiger partial charge < -0.3 is 4.74 Å². The minimum absolute atomic E-state index is 0.111. The van der Waals surface area contributed by atoms with Gasteiger partial charge in [-0.2, -0.15) is 0 Å². The van der Waals surface area contributed by atoms with E-state index in [1.54, 1.807) is 12.1 Å². The Balaban J connectivity index is 2.55. The van der Waals surface area contributed by atoms with Gasteiger partial charge in [0.15, 0.2) is 5.78 Å². The Morgan fingerprint density at radius 1 is 1.38 bits per heavy atom. The molecule has 0 fully saturated rings. The van der Waals surface area contributed by atoms with E-state index < -0.39 is 5.82 Å². The SMILES string of the molecule is O=C1CCCOc2cccc(F)c21. The average molecular weight is 180 g/mol. The van der Waals surface area contributed by atoms with Crippen molar-refractivity contribution in [3.8, 4) is 5.75 Å². The van der Waals surface area contributed by atoms with E-state index in [-0.39, 0.29) is 11.3 Å². The lowest BCUT2D eigenvalue weighted by molar-refractivity contribution is 0.0979. The van der Waals surface area contributed by atoms with E-state index in [0.29, 0.717) is 25.2 Å². The predicted molar refractivity (Wildman–Crippen MR) is 45.5 cm³/mol. The van der Waals surface area contributed by atoms with Gasteiger partial charge in [0, 0.05) is 6.42 Å². The standard InChI is InChI=1S/C10H9FO2/c11-7-3-1-5-9-10(7)8(12)4-2-6-13-9/h1,3,5H,2,4,6H2. The smallest absolute Gasteiger partial charge is 0.169 e. The fourth-order valence-electron chi connectivity index (χ4n) is 1.44. The summed E-state index contributed by atoms with van der Waals surface area (Å²) in [6, 6.07) is 4.46. The van der Waals surface area contributed by atoms with Gasteiger partial charge in [0.2, 0.25) is 0 Å². The van der Waals surface area contributed by atoms with Gasteiger partial charge in [-0.05, 0) is 18.6 Å². The molecule has 0 spiro atoms. The number of ketones is 1. The van der Waals surface area contributed by atoms with E-state index in [2.05, 4.69) is 0 Å². The van der Waals surface area contributed by atoms with Crippen LogP contribution < -0.4 is 4.74 Å². The summed E-state index contributed by atoms with van der Waals surface area (Å²) in [5.74, 6) is -0.266. The molecule has 1 aliphatic heterocycles. The van der Waals surface area contributed by atoms with Gasteiger partial charge in [-0.25, -0.2) is 4.39 Å². The Kier molecular flexibility index (Phi) is 2.00. The first-order chi connectivity index (χ1) is 6.29. The summed E-state index contributed by atoms with van der Waals surface area (Å²) in [6.45, 7) is 0.488. The first-order valence-electron chi connectivity index (χ1n) is 4.23. The van der Waals surface area contributed by atoms with Crippen LogP contribution in [0.1, 0.15) is 23.2 Å². The molecule has 1 aromatic rings. The Hall–Kier alpha value is -1.38. The van der Waals surface area contributed by atoms with Crippen LogP contribution in [0.25, 0.3) is 0 Å². The van der Waals surface area contributed by atoms with Crippen molar-refractivity contribution in [1.82, 2.24) is 0 Å². The minimum atomic E-state index is -0.482. The average Bonchev–Trinajstić information content (AvgIpc) is 2.29. The quantitative estimate of drug-likeness (QED) is 0.611. The molecule has 13 heavy (non-hydrogen) atoms. The molecule has 0 radical (unpaired) electrons. The number of hydrogen-bond donors (Lipinski definition) is 0. The van der Waals surface area contributed by atoms with Crippen molar-refractivity contribution in [2.45, 2.75) is 12.8 Å². The minimum Gasteiger partial charge on any atom is -0.493 e. The van der Waals surface area contributed by atoms with E-state index in [1.165, 1.54) is 6.07 Å². The molecule has 1 aliphatic rings. The Labute approximate surface area is 75.3 Å². The molecule has 1 aromatic carbocycles. The summed E-state index contributed by atoms with van der Waals surface area (Å²) in [5.41, 5.74) is 0.111. The molecule has 3 heteroatoms. The van der Waals surface area contributed by atoms with E-state index in [0.717, 1.165) is 0 Å². The number of hydrogen-bond acceptors (Lipinski definition) is 2. The monoisotopic (exact) mass is 180 g/mol. The lowest BCUT2D eigenvalue weighted by atomic mass is 10.1. The van der Waals surface area contributed by atoms with Gasteiger partial charge in [0.25, 0.3) is 0 Å². The highest BCUT2D eigenvalue weighted by molar-refractivity contribution is 5.99. The number of carbonyl (C=O) groups excluding carboxylic acids is 1. The van der Waals surface area contributed by atoms with Gasteiger partial charge in [-0.1, -0.05) is 6.07 Å². The topological polar surface area (TPSA) is 26.3 Å². The van der Waals surface area contributed by atoms with Gasteiger partial charge >= 0.3 is 0 Å². The lowest BCUT2D eigenvalue weighted by Gasteiger charge is -2.05. The molecule has 0 saturated carbocycles. The van der Waals surface area contributed by atoms with Crippen LogP contribution in [0.3, 0.4) is 0 Å². The number of ether oxygens (including phenoxy) is 1. The molecule has 0 atom stereocenters. The van der Waals surface area contributed by atoms with Gasteiger partial charge in [-0.15, -0.1) is 0 Å². The summed E-state index contributed by atoms with van der Waals surface area (Å²) in [7, 11) is 0. The maximum atomic E-state index is 13.2.